The van der Waals surface area contributed by atoms with Gasteiger partial charge in [-0.2, -0.15) is 5.10 Å². The lowest BCUT2D eigenvalue weighted by Crippen LogP contribution is -2.13. The van der Waals surface area contributed by atoms with Gasteiger partial charge >= 0.3 is 0 Å². The van der Waals surface area contributed by atoms with E-state index in [1.54, 1.807) is 42.6 Å². The summed E-state index contributed by atoms with van der Waals surface area (Å²) in [6.07, 6.45) is 3.57. The molecule has 152 valence electrons. The van der Waals surface area contributed by atoms with E-state index in [1.807, 2.05) is 12.1 Å². The molecule has 29 heavy (non-hydrogen) atoms. The van der Waals surface area contributed by atoms with Crippen LogP contribution in [0.2, 0.25) is 0 Å². The van der Waals surface area contributed by atoms with E-state index in [0.29, 0.717) is 17.3 Å². The predicted molar refractivity (Wildman–Crippen MR) is 112 cm³/mol. The fourth-order valence-corrected chi connectivity index (χ4v) is 3.87. The Kier molecular flexibility index (Phi) is 6.03. The minimum absolute atomic E-state index is 0.133. The van der Waals surface area contributed by atoms with Crippen molar-refractivity contribution >= 4 is 21.6 Å². The maximum Gasteiger partial charge on any atom is 0.269 e. The standard InChI is InChI=1S/C21H24N4O3S/c1-15(2)6-7-16-8-10-19(11-9-16)29(27,28)24-17-4-3-5-18(14-17)25-13-12-20(23-25)21(22)26/h3-5,8-15,24H,6-7H2,1-2H3,(H2,22,26). The van der Waals surface area contributed by atoms with E-state index in [0.717, 1.165) is 18.4 Å². The third-order valence-electron chi connectivity index (χ3n) is 4.45. The molecule has 3 aromatic rings. The molecule has 2 aromatic carbocycles. The maximum absolute atomic E-state index is 12.7. The first-order valence-corrected chi connectivity index (χ1v) is 10.8. The third kappa shape index (κ3) is 5.23. The molecule has 3 rings (SSSR count). The highest BCUT2D eigenvalue weighted by Crippen LogP contribution is 2.20. The van der Waals surface area contributed by atoms with E-state index in [9.17, 15) is 13.2 Å². The number of nitrogens with zero attached hydrogens (tertiary/aromatic N) is 2. The minimum atomic E-state index is -3.72. The molecule has 0 saturated carbocycles. The van der Waals surface area contributed by atoms with Gasteiger partial charge in [-0.1, -0.05) is 32.0 Å². The van der Waals surface area contributed by atoms with Gasteiger partial charge in [0.25, 0.3) is 15.9 Å². The highest BCUT2D eigenvalue weighted by Gasteiger charge is 2.15. The summed E-state index contributed by atoms with van der Waals surface area (Å²) in [5.41, 5.74) is 7.46. The number of nitrogens with one attached hydrogen (secondary N) is 1. The zero-order chi connectivity index (χ0) is 21.0. The Labute approximate surface area is 170 Å². The summed E-state index contributed by atoms with van der Waals surface area (Å²) in [6, 6.07) is 15.2. The third-order valence-corrected chi connectivity index (χ3v) is 5.85. The molecule has 1 amide bonds. The molecule has 7 nitrogen and oxygen atoms in total. The fraction of sp³-hybridized carbons (Fsp3) is 0.238. The molecule has 0 radical (unpaired) electrons. The molecule has 0 atom stereocenters. The predicted octanol–water partition coefficient (Wildman–Crippen LogP) is 3.36. The van der Waals surface area contributed by atoms with Crippen molar-refractivity contribution in [1.82, 2.24) is 9.78 Å². The quantitative estimate of drug-likeness (QED) is 0.591. The van der Waals surface area contributed by atoms with Crippen molar-refractivity contribution in [3.05, 3.63) is 72.1 Å². The molecular weight excluding hydrogens is 388 g/mol. The SMILES string of the molecule is CC(C)CCc1ccc(S(=O)(=O)Nc2cccc(-n3ccc(C(N)=O)n3)c2)cc1. The van der Waals surface area contributed by atoms with Gasteiger partial charge in [0, 0.05) is 6.20 Å². The summed E-state index contributed by atoms with van der Waals surface area (Å²) in [5.74, 6) is -0.0290. The van der Waals surface area contributed by atoms with Crippen LogP contribution >= 0.6 is 0 Å². The monoisotopic (exact) mass is 412 g/mol. The highest BCUT2D eigenvalue weighted by molar-refractivity contribution is 7.92. The number of primary amides is 1. The van der Waals surface area contributed by atoms with E-state index < -0.39 is 15.9 Å². The lowest BCUT2D eigenvalue weighted by atomic mass is 10.0. The molecular formula is C21H24N4O3S. The van der Waals surface area contributed by atoms with Crippen LogP contribution in [0.3, 0.4) is 0 Å². The second-order valence-corrected chi connectivity index (χ2v) is 8.92. The van der Waals surface area contributed by atoms with Crippen LogP contribution in [0.15, 0.2) is 65.7 Å². The van der Waals surface area contributed by atoms with Crippen LogP contribution in [0.4, 0.5) is 5.69 Å². The number of nitrogens with two attached hydrogens (primary N) is 1. The van der Waals surface area contributed by atoms with Crippen LogP contribution in [-0.4, -0.2) is 24.1 Å². The largest absolute Gasteiger partial charge is 0.364 e. The minimum Gasteiger partial charge on any atom is -0.364 e. The van der Waals surface area contributed by atoms with Crippen LogP contribution in [0.5, 0.6) is 0 Å². The molecule has 0 unspecified atom stereocenters. The van der Waals surface area contributed by atoms with Gasteiger partial charge in [-0.25, -0.2) is 13.1 Å². The smallest absolute Gasteiger partial charge is 0.269 e. The molecule has 0 aliphatic heterocycles. The van der Waals surface area contributed by atoms with Crippen LogP contribution < -0.4 is 10.5 Å². The van der Waals surface area contributed by atoms with Crippen molar-refractivity contribution in [2.24, 2.45) is 11.7 Å². The summed E-state index contributed by atoms with van der Waals surface area (Å²) < 4.78 is 29.5. The summed E-state index contributed by atoms with van der Waals surface area (Å²) in [4.78, 5) is 11.4. The number of aromatic nitrogens is 2. The number of aryl methyl sites for hydroxylation is 1. The number of carbonyl (C=O) groups excluding carboxylic acids is 1. The summed E-state index contributed by atoms with van der Waals surface area (Å²) in [7, 11) is -3.72. The fourth-order valence-electron chi connectivity index (χ4n) is 2.82. The Morgan fingerprint density at radius 2 is 1.86 bits per heavy atom. The Bertz CT molecular complexity index is 1100. The number of anilines is 1. The number of hydrogen-bond donors (Lipinski definition) is 2. The molecule has 8 heteroatoms. The van der Waals surface area contributed by atoms with Crippen molar-refractivity contribution in [3.63, 3.8) is 0 Å². The van der Waals surface area contributed by atoms with E-state index >= 15 is 0 Å². The van der Waals surface area contributed by atoms with Gasteiger partial charge in [0.15, 0.2) is 0 Å². The summed E-state index contributed by atoms with van der Waals surface area (Å²) >= 11 is 0. The molecule has 3 N–H and O–H groups in total. The summed E-state index contributed by atoms with van der Waals surface area (Å²) in [5, 5.41) is 4.08. The number of rotatable bonds is 8. The molecule has 0 spiro atoms. The molecule has 0 fully saturated rings. The molecule has 1 heterocycles. The number of carbonyl (C=O) groups is 1. The topological polar surface area (TPSA) is 107 Å². The average molecular weight is 413 g/mol. The van der Waals surface area contributed by atoms with Crippen molar-refractivity contribution in [3.8, 4) is 5.69 Å². The molecule has 0 aliphatic rings. The van der Waals surface area contributed by atoms with E-state index in [1.165, 1.54) is 10.7 Å². The van der Waals surface area contributed by atoms with Crippen LogP contribution in [-0.2, 0) is 16.4 Å². The van der Waals surface area contributed by atoms with Crippen molar-refractivity contribution in [2.45, 2.75) is 31.6 Å². The van der Waals surface area contributed by atoms with Crippen molar-refractivity contribution < 1.29 is 13.2 Å². The van der Waals surface area contributed by atoms with Gasteiger partial charge in [0.2, 0.25) is 0 Å². The Morgan fingerprint density at radius 1 is 1.14 bits per heavy atom. The van der Waals surface area contributed by atoms with Gasteiger partial charge in [0.05, 0.1) is 16.3 Å². The molecule has 1 aromatic heterocycles. The van der Waals surface area contributed by atoms with Crippen LogP contribution in [0, 0.1) is 5.92 Å². The average Bonchev–Trinajstić information content (AvgIpc) is 3.17. The second kappa shape index (κ2) is 8.48. The van der Waals surface area contributed by atoms with E-state index in [2.05, 4.69) is 23.7 Å². The first-order valence-electron chi connectivity index (χ1n) is 9.32. The highest BCUT2D eigenvalue weighted by atomic mass is 32.2. The van der Waals surface area contributed by atoms with Gasteiger partial charge < -0.3 is 5.73 Å². The van der Waals surface area contributed by atoms with Crippen molar-refractivity contribution in [1.29, 1.82) is 0 Å². The van der Waals surface area contributed by atoms with Gasteiger partial charge in [0.1, 0.15) is 5.69 Å². The number of hydrogen-bond acceptors (Lipinski definition) is 4. The van der Waals surface area contributed by atoms with Gasteiger partial charge in [-0.3, -0.25) is 9.52 Å². The summed E-state index contributed by atoms with van der Waals surface area (Å²) in [6.45, 7) is 4.32. The lowest BCUT2D eigenvalue weighted by molar-refractivity contribution is 0.0995. The second-order valence-electron chi connectivity index (χ2n) is 7.24. The zero-order valence-electron chi connectivity index (χ0n) is 16.4. The number of benzene rings is 2. The maximum atomic E-state index is 12.7. The molecule has 0 saturated heterocycles. The molecule has 0 bridgehead atoms. The lowest BCUT2D eigenvalue weighted by Gasteiger charge is -2.11. The van der Waals surface area contributed by atoms with Crippen LogP contribution in [0.1, 0.15) is 36.3 Å². The zero-order valence-corrected chi connectivity index (χ0v) is 17.2. The first-order chi connectivity index (χ1) is 13.7. The Balaban J connectivity index is 1.77. The van der Waals surface area contributed by atoms with Gasteiger partial charge in [-0.15, -0.1) is 0 Å². The Morgan fingerprint density at radius 3 is 2.48 bits per heavy atom. The van der Waals surface area contributed by atoms with E-state index in [4.69, 9.17) is 5.73 Å². The molecule has 0 aliphatic carbocycles. The van der Waals surface area contributed by atoms with Crippen LogP contribution in [0.25, 0.3) is 5.69 Å². The number of sulfonamides is 1. The number of amides is 1. The Hall–Kier alpha value is -3.13. The normalized spacial score (nSPS) is 11.6. The van der Waals surface area contributed by atoms with Crippen molar-refractivity contribution in [2.75, 3.05) is 4.72 Å². The first kappa shape index (κ1) is 20.6. The van der Waals surface area contributed by atoms with E-state index in [-0.39, 0.29) is 10.6 Å². The van der Waals surface area contributed by atoms with Gasteiger partial charge in [-0.05, 0) is 60.7 Å².